The van der Waals surface area contributed by atoms with E-state index in [9.17, 15) is 4.79 Å². The molecule has 33 heavy (non-hydrogen) atoms. The van der Waals surface area contributed by atoms with Crippen LogP contribution >= 0.6 is 22.7 Å². The van der Waals surface area contributed by atoms with Gasteiger partial charge in [0.15, 0.2) is 16.3 Å². The molecule has 0 aliphatic rings. The molecule has 2 aromatic heterocycles. The molecule has 8 heteroatoms. The normalized spacial score (nSPS) is 11.4. The van der Waals surface area contributed by atoms with Crippen molar-refractivity contribution in [2.24, 2.45) is 4.99 Å². The predicted molar refractivity (Wildman–Crippen MR) is 135 cm³/mol. The molecule has 0 radical (unpaired) electrons. The first-order valence-corrected chi connectivity index (χ1v) is 12.1. The van der Waals surface area contributed by atoms with E-state index < -0.39 is 0 Å². The maximum absolute atomic E-state index is 12.0. The number of aryl methyl sites for hydroxylation is 1. The van der Waals surface area contributed by atoms with Gasteiger partial charge >= 0.3 is 0 Å². The molecule has 0 bridgehead atoms. The molecule has 1 amide bonds. The second-order valence-corrected chi connectivity index (χ2v) is 9.18. The molecule has 2 heterocycles. The summed E-state index contributed by atoms with van der Waals surface area (Å²) in [5.74, 6) is 1.31. The zero-order chi connectivity index (χ0) is 23.2. The molecule has 1 N–H and O–H groups in total. The van der Waals surface area contributed by atoms with Gasteiger partial charge in [0.2, 0.25) is 5.91 Å². The molecule has 0 saturated heterocycles. The van der Waals surface area contributed by atoms with Gasteiger partial charge in [-0.05, 0) is 47.7 Å². The maximum Gasteiger partial charge on any atom is 0.221 e. The smallest absolute Gasteiger partial charge is 0.221 e. The summed E-state index contributed by atoms with van der Waals surface area (Å²) in [5.41, 5.74) is 2.96. The highest BCUT2D eigenvalue weighted by Gasteiger charge is 2.18. The number of aromatic nitrogens is 1. The molecule has 0 unspecified atom stereocenters. The Balaban J connectivity index is 1.80. The number of thiophene rings is 1. The first-order valence-electron chi connectivity index (χ1n) is 10.4. The number of hydrogen-bond acceptors (Lipinski definition) is 6. The number of ether oxygens (including phenoxy) is 2. The third kappa shape index (κ3) is 5.35. The Morgan fingerprint density at radius 3 is 2.48 bits per heavy atom. The number of carbonyl (C=O) groups is 1. The van der Waals surface area contributed by atoms with Crippen molar-refractivity contribution in [2.45, 2.75) is 19.9 Å². The summed E-state index contributed by atoms with van der Waals surface area (Å²) in [6, 6.07) is 19.9. The molecule has 0 aliphatic carbocycles. The topological polar surface area (TPSA) is 64.8 Å². The van der Waals surface area contributed by atoms with Crippen LogP contribution in [0, 0.1) is 0 Å². The third-order valence-electron chi connectivity index (χ3n) is 5.01. The molecule has 0 saturated carbocycles. The maximum atomic E-state index is 12.0. The van der Waals surface area contributed by atoms with Gasteiger partial charge in [-0.25, -0.2) is 4.99 Å². The monoisotopic (exact) mass is 479 g/mol. The Morgan fingerprint density at radius 1 is 1.03 bits per heavy atom. The van der Waals surface area contributed by atoms with Crippen molar-refractivity contribution in [2.75, 3.05) is 19.5 Å². The fourth-order valence-electron chi connectivity index (χ4n) is 3.50. The molecule has 4 rings (SSSR count). The third-order valence-corrected chi connectivity index (χ3v) is 6.88. The summed E-state index contributed by atoms with van der Waals surface area (Å²) in [7, 11) is 3.27. The Hall–Kier alpha value is -3.36. The Morgan fingerprint density at radius 2 is 1.82 bits per heavy atom. The summed E-state index contributed by atoms with van der Waals surface area (Å²) in [4.78, 5) is 18.8. The quantitative estimate of drug-likeness (QED) is 0.351. The minimum absolute atomic E-state index is 0.104. The minimum Gasteiger partial charge on any atom is -0.493 e. The highest BCUT2D eigenvalue weighted by molar-refractivity contribution is 7.16. The summed E-state index contributed by atoms with van der Waals surface area (Å²) >= 11 is 3.12. The molecule has 2 aromatic carbocycles. The van der Waals surface area contributed by atoms with Crippen LogP contribution in [-0.4, -0.2) is 24.7 Å². The number of para-hydroxylation sites is 1. The average molecular weight is 480 g/mol. The molecule has 4 aromatic rings. The van der Waals surface area contributed by atoms with Crippen molar-refractivity contribution in [3.63, 3.8) is 0 Å². The van der Waals surface area contributed by atoms with E-state index in [4.69, 9.17) is 14.5 Å². The van der Waals surface area contributed by atoms with Gasteiger partial charge in [0.1, 0.15) is 5.00 Å². The lowest BCUT2D eigenvalue weighted by atomic mass is 10.1. The van der Waals surface area contributed by atoms with Crippen molar-refractivity contribution >= 4 is 39.3 Å². The van der Waals surface area contributed by atoms with Gasteiger partial charge in [-0.2, -0.15) is 0 Å². The highest BCUT2D eigenvalue weighted by atomic mass is 32.1. The second kappa shape index (κ2) is 10.5. The Bertz CT molecular complexity index is 1290. The lowest BCUT2D eigenvalue weighted by Gasteiger charge is -2.12. The van der Waals surface area contributed by atoms with E-state index in [-0.39, 0.29) is 5.91 Å². The number of thiazole rings is 1. The number of anilines is 1. The van der Waals surface area contributed by atoms with Gasteiger partial charge in [0.25, 0.3) is 0 Å². The van der Waals surface area contributed by atoms with E-state index in [2.05, 4.69) is 16.0 Å². The second-order valence-electron chi connectivity index (χ2n) is 7.26. The van der Waals surface area contributed by atoms with Gasteiger partial charge in [0.05, 0.1) is 30.5 Å². The Kier molecular flexibility index (Phi) is 7.26. The summed E-state index contributed by atoms with van der Waals surface area (Å²) in [5, 5.41) is 5.85. The zero-order valence-electron chi connectivity index (χ0n) is 18.7. The fraction of sp³-hybridized carbons (Fsp3) is 0.200. The summed E-state index contributed by atoms with van der Waals surface area (Å²) in [6.45, 7) is 2.21. The van der Waals surface area contributed by atoms with Crippen molar-refractivity contribution in [1.82, 2.24) is 4.57 Å². The number of methoxy groups -OCH3 is 2. The number of carbonyl (C=O) groups excluding carboxylic acids is 1. The molecule has 170 valence electrons. The predicted octanol–water partition coefficient (Wildman–Crippen LogP) is 5.73. The van der Waals surface area contributed by atoms with Crippen LogP contribution < -0.4 is 19.6 Å². The van der Waals surface area contributed by atoms with E-state index in [1.165, 1.54) is 18.3 Å². The molecule has 0 atom stereocenters. The van der Waals surface area contributed by atoms with Gasteiger partial charge in [-0.15, -0.1) is 11.3 Å². The largest absolute Gasteiger partial charge is 0.493 e. The number of benzene rings is 2. The molecular weight excluding hydrogens is 454 g/mol. The van der Waals surface area contributed by atoms with Gasteiger partial charge in [-0.3, -0.25) is 4.79 Å². The van der Waals surface area contributed by atoms with Crippen molar-refractivity contribution in [3.05, 3.63) is 76.4 Å². The summed E-state index contributed by atoms with van der Waals surface area (Å²) in [6.07, 6.45) is 0.761. The van der Waals surface area contributed by atoms with E-state index in [0.717, 1.165) is 38.0 Å². The van der Waals surface area contributed by atoms with Crippen molar-refractivity contribution < 1.29 is 14.3 Å². The fourth-order valence-corrected chi connectivity index (χ4v) is 5.48. The van der Waals surface area contributed by atoms with Crippen LogP contribution in [0.3, 0.4) is 0 Å². The van der Waals surface area contributed by atoms with E-state index in [1.54, 1.807) is 25.6 Å². The first-order chi connectivity index (χ1) is 16.1. The highest BCUT2D eigenvalue weighted by Crippen LogP contribution is 2.35. The standard InChI is InChI=1S/C25H25N3O3S2/c1-17(29)26-24-23(22-10-7-15-32-22)28(25(33-24)27-19-8-5-4-6-9-19)14-13-18-11-12-20(30-2)21(16-18)31-3/h4-12,15-16H,13-14H2,1-3H3,(H,26,29). The Labute approximate surface area is 200 Å². The lowest BCUT2D eigenvalue weighted by Crippen LogP contribution is -2.17. The van der Waals surface area contributed by atoms with Crippen molar-refractivity contribution in [3.8, 4) is 22.1 Å². The zero-order valence-corrected chi connectivity index (χ0v) is 20.3. The van der Waals surface area contributed by atoms with Crippen LogP contribution in [0.5, 0.6) is 11.5 Å². The molecule has 0 fully saturated rings. The number of amides is 1. The van der Waals surface area contributed by atoms with Crippen molar-refractivity contribution in [1.29, 1.82) is 0 Å². The number of nitrogens with zero attached hydrogens (tertiary/aromatic N) is 2. The molecular formula is C25H25N3O3S2. The SMILES string of the molecule is COc1ccc(CCn2c(-c3cccs3)c(NC(C)=O)sc2=Nc2ccccc2)cc1OC. The molecule has 0 spiro atoms. The number of nitrogens with one attached hydrogen (secondary N) is 1. The minimum atomic E-state index is -0.104. The first kappa shape index (κ1) is 22.8. The van der Waals surface area contributed by atoms with Gasteiger partial charge in [-0.1, -0.05) is 41.7 Å². The van der Waals surface area contributed by atoms with E-state index in [0.29, 0.717) is 18.0 Å². The van der Waals surface area contributed by atoms with Crippen LogP contribution in [0.2, 0.25) is 0 Å². The molecule has 6 nitrogen and oxygen atoms in total. The summed E-state index contributed by atoms with van der Waals surface area (Å²) < 4.78 is 13.0. The van der Waals surface area contributed by atoms with Gasteiger partial charge < -0.3 is 19.4 Å². The molecule has 0 aliphatic heterocycles. The van der Waals surface area contributed by atoms with Crippen LogP contribution in [0.4, 0.5) is 10.7 Å². The lowest BCUT2D eigenvalue weighted by molar-refractivity contribution is -0.114. The van der Waals surface area contributed by atoms with E-state index >= 15 is 0 Å². The van der Waals surface area contributed by atoms with Crippen LogP contribution in [0.15, 0.2) is 71.0 Å². The number of hydrogen-bond donors (Lipinski definition) is 1. The van der Waals surface area contributed by atoms with E-state index in [1.807, 2.05) is 60.0 Å². The van der Waals surface area contributed by atoms with Gasteiger partial charge in [0, 0.05) is 13.5 Å². The van der Waals surface area contributed by atoms with Crippen LogP contribution in [0.1, 0.15) is 12.5 Å². The van der Waals surface area contributed by atoms with Crippen LogP contribution in [-0.2, 0) is 17.8 Å². The average Bonchev–Trinajstić information content (AvgIpc) is 3.45. The number of rotatable bonds is 8. The van der Waals surface area contributed by atoms with Crippen LogP contribution in [0.25, 0.3) is 10.6 Å².